The second-order valence-corrected chi connectivity index (χ2v) is 12.5. The topological polar surface area (TPSA) is 179 Å². The van der Waals surface area contributed by atoms with Crippen molar-refractivity contribution in [2.45, 2.75) is 91.0 Å². The van der Waals surface area contributed by atoms with Crippen LogP contribution < -0.4 is 32.0 Å². The predicted octanol–water partition coefficient (Wildman–Crippen LogP) is 3.70. The van der Waals surface area contributed by atoms with Gasteiger partial charge in [0, 0.05) is 6.04 Å². The van der Waals surface area contributed by atoms with E-state index in [-0.39, 0.29) is 36.5 Å². The van der Waals surface area contributed by atoms with Crippen molar-refractivity contribution in [2.24, 2.45) is 5.10 Å². The first-order valence-corrected chi connectivity index (χ1v) is 16.3. The molecule has 0 saturated heterocycles. The summed E-state index contributed by atoms with van der Waals surface area (Å²) in [5.41, 5.74) is 3.39. The van der Waals surface area contributed by atoms with E-state index in [4.69, 9.17) is 4.74 Å². The lowest BCUT2D eigenvalue weighted by Gasteiger charge is -2.22. The Kier molecular flexibility index (Phi) is 16.8. The molecule has 2 aromatic carbocycles. The normalized spacial score (nSPS) is 12.8. The fraction of sp³-hybridized carbons (Fsp3) is 0.486. The van der Waals surface area contributed by atoms with Crippen LogP contribution in [0.15, 0.2) is 65.8 Å². The predicted molar refractivity (Wildman–Crippen MR) is 185 cm³/mol. The maximum atomic E-state index is 13.2. The van der Waals surface area contributed by atoms with Crippen molar-refractivity contribution < 1.29 is 28.7 Å². The molecule has 0 bridgehead atoms. The molecule has 0 heterocycles. The Morgan fingerprint density at radius 1 is 0.833 bits per heavy atom. The number of ketones is 1. The van der Waals surface area contributed by atoms with Gasteiger partial charge in [0.05, 0.1) is 25.2 Å². The van der Waals surface area contributed by atoms with Crippen molar-refractivity contribution in [1.82, 2.24) is 32.0 Å². The van der Waals surface area contributed by atoms with E-state index in [1.54, 1.807) is 20.8 Å². The minimum Gasteiger partial charge on any atom is -0.444 e. The lowest BCUT2D eigenvalue weighted by molar-refractivity contribution is -0.121. The highest BCUT2D eigenvalue weighted by atomic mass is 16.6. The van der Waals surface area contributed by atoms with Crippen LogP contribution in [0.4, 0.5) is 9.59 Å². The molecule has 0 aromatic heterocycles. The van der Waals surface area contributed by atoms with Crippen molar-refractivity contribution in [1.29, 1.82) is 0 Å². The van der Waals surface area contributed by atoms with Gasteiger partial charge in [-0.25, -0.2) is 15.0 Å². The van der Waals surface area contributed by atoms with Crippen LogP contribution in [0.5, 0.6) is 0 Å². The number of hydrogen-bond donors (Lipinski definition) is 6. The second-order valence-electron chi connectivity index (χ2n) is 12.5. The number of ether oxygens (including phenoxy) is 1. The van der Waals surface area contributed by atoms with E-state index >= 15 is 0 Å². The summed E-state index contributed by atoms with van der Waals surface area (Å²) in [6.07, 6.45) is 1.83. The Hall–Kier alpha value is -4.78. The minimum atomic E-state index is -0.839. The number of nitrogens with zero attached hydrogens (tertiary/aromatic N) is 1. The Morgan fingerprint density at radius 3 is 1.98 bits per heavy atom. The third-order valence-electron chi connectivity index (χ3n) is 6.83. The molecule has 0 saturated carbocycles. The van der Waals surface area contributed by atoms with Crippen molar-refractivity contribution in [3.8, 4) is 0 Å². The molecule has 6 N–H and O–H groups in total. The van der Waals surface area contributed by atoms with Crippen LogP contribution in [-0.4, -0.2) is 72.8 Å². The van der Waals surface area contributed by atoms with Crippen LogP contribution in [0.3, 0.4) is 0 Å². The van der Waals surface area contributed by atoms with Crippen LogP contribution in [0.1, 0.15) is 84.4 Å². The Labute approximate surface area is 283 Å². The molecule has 13 heteroatoms. The first-order valence-electron chi connectivity index (χ1n) is 16.3. The van der Waals surface area contributed by atoms with Crippen LogP contribution in [0.2, 0.25) is 0 Å². The van der Waals surface area contributed by atoms with Crippen molar-refractivity contribution in [2.75, 3.05) is 19.6 Å². The summed E-state index contributed by atoms with van der Waals surface area (Å²) in [6.45, 7) is 10.7. The van der Waals surface area contributed by atoms with Gasteiger partial charge in [0.1, 0.15) is 17.1 Å². The molecule has 2 aromatic rings. The zero-order valence-corrected chi connectivity index (χ0v) is 28.9. The van der Waals surface area contributed by atoms with E-state index in [9.17, 15) is 24.0 Å². The molecule has 5 amide bonds. The molecule has 262 valence electrons. The minimum absolute atomic E-state index is 0.0276. The van der Waals surface area contributed by atoms with Gasteiger partial charge in [-0.2, -0.15) is 5.10 Å². The number of nitrogens with one attached hydrogen (secondary N) is 6. The molecule has 0 aliphatic carbocycles. The fourth-order valence-corrected chi connectivity index (χ4v) is 4.63. The van der Waals surface area contributed by atoms with Gasteiger partial charge in [0.2, 0.25) is 5.91 Å². The number of carbonyl (C=O) groups is 5. The van der Waals surface area contributed by atoms with Gasteiger partial charge < -0.3 is 31.3 Å². The largest absolute Gasteiger partial charge is 0.444 e. The van der Waals surface area contributed by atoms with Gasteiger partial charge in [-0.15, -0.1) is 0 Å². The molecule has 2 atom stereocenters. The van der Waals surface area contributed by atoms with E-state index in [2.05, 4.69) is 37.1 Å². The summed E-state index contributed by atoms with van der Waals surface area (Å²) in [5.74, 6) is -1.33. The third-order valence-corrected chi connectivity index (χ3v) is 6.83. The average molecular weight is 666 g/mol. The van der Waals surface area contributed by atoms with Crippen LogP contribution in [0.25, 0.3) is 0 Å². The molecular formula is C35H51N7O6. The van der Waals surface area contributed by atoms with Gasteiger partial charge in [0.15, 0.2) is 0 Å². The molecule has 0 radical (unpaired) electrons. The van der Waals surface area contributed by atoms with Crippen LogP contribution in [0, 0.1) is 0 Å². The maximum absolute atomic E-state index is 13.2. The molecule has 2 unspecified atom stereocenters. The van der Waals surface area contributed by atoms with Gasteiger partial charge in [-0.1, -0.05) is 74.0 Å². The third kappa shape index (κ3) is 15.7. The van der Waals surface area contributed by atoms with Crippen LogP contribution >= 0.6 is 0 Å². The number of carbonyl (C=O) groups excluding carboxylic acids is 5. The van der Waals surface area contributed by atoms with E-state index in [0.29, 0.717) is 32.2 Å². The molecule has 0 aliphatic rings. The highest BCUT2D eigenvalue weighted by Crippen LogP contribution is 2.21. The first-order chi connectivity index (χ1) is 22.8. The summed E-state index contributed by atoms with van der Waals surface area (Å²) in [7, 11) is 0. The maximum Gasteiger partial charge on any atom is 0.407 e. The molecule has 0 aliphatic heterocycles. The monoisotopic (exact) mass is 665 g/mol. The molecular weight excluding hydrogens is 614 g/mol. The van der Waals surface area contributed by atoms with E-state index in [1.165, 1.54) is 6.92 Å². The first kappa shape index (κ1) is 39.4. The molecule has 13 nitrogen and oxygen atoms in total. The highest BCUT2D eigenvalue weighted by Gasteiger charge is 2.26. The number of rotatable bonds is 18. The Bertz CT molecular complexity index is 1320. The number of hydrazone groups is 1. The zero-order chi connectivity index (χ0) is 35.5. The zero-order valence-electron chi connectivity index (χ0n) is 28.9. The summed E-state index contributed by atoms with van der Waals surface area (Å²) in [6, 6.07) is 16.7. The van der Waals surface area contributed by atoms with Crippen molar-refractivity contribution in [3.05, 3.63) is 71.8 Å². The number of urea groups is 1. The van der Waals surface area contributed by atoms with Crippen molar-refractivity contribution >= 4 is 35.4 Å². The van der Waals surface area contributed by atoms with Crippen LogP contribution in [-0.2, 0) is 19.1 Å². The van der Waals surface area contributed by atoms with Crippen molar-refractivity contribution in [3.63, 3.8) is 0 Å². The van der Waals surface area contributed by atoms with E-state index in [0.717, 1.165) is 11.1 Å². The SMILES string of the molecule is CCCC(NC(=O)CNCCCC(C)NC(=O)OC(C)(C)C)C(=NNC(=O)NC(c1ccccc1)c1ccccc1)C(=O)NCC(C)=O. The Balaban J connectivity index is 2.05. The standard InChI is InChI=1S/C35H51N7O6/c1-7-15-28(39-29(44)23-36-21-14-16-24(2)38-34(47)48-35(4,5)6)31(32(45)37-22-25(3)43)41-42-33(46)40-30(26-17-10-8-11-18-26)27-19-12-9-13-20-27/h8-13,17-20,24,28,30,36H,7,14-16,21-23H2,1-6H3,(H,37,45)(H,38,47)(H,39,44)(H2,40,42,46). The van der Waals surface area contributed by atoms with E-state index in [1.807, 2.05) is 74.5 Å². The molecule has 48 heavy (non-hydrogen) atoms. The van der Waals surface area contributed by atoms with E-state index < -0.39 is 35.7 Å². The molecule has 0 spiro atoms. The van der Waals surface area contributed by atoms with Gasteiger partial charge in [0.25, 0.3) is 5.91 Å². The molecule has 2 rings (SSSR count). The number of alkyl carbamates (subject to hydrolysis) is 1. The number of Topliss-reactive ketones (excluding diaryl/α,β-unsaturated/α-hetero) is 1. The summed E-state index contributed by atoms with van der Waals surface area (Å²) in [5, 5.41) is 18.2. The lowest BCUT2D eigenvalue weighted by atomic mass is 9.99. The quantitative estimate of drug-likeness (QED) is 0.0798. The van der Waals surface area contributed by atoms with Gasteiger partial charge in [-0.05, 0) is 71.6 Å². The fourth-order valence-electron chi connectivity index (χ4n) is 4.63. The average Bonchev–Trinajstić information content (AvgIpc) is 3.02. The number of amides is 5. The second kappa shape index (κ2) is 20.5. The van der Waals surface area contributed by atoms with Gasteiger partial charge >= 0.3 is 12.1 Å². The highest BCUT2D eigenvalue weighted by molar-refractivity contribution is 6.41. The Morgan fingerprint density at radius 2 is 1.44 bits per heavy atom. The number of benzene rings is 2. The lowest BCUT2D eigenvalue weighted by Crippen LogP contribution is -2.51. The van der Waals surface area contributed by atoms with Gasteiger partial charge in [-0.3, -0.25) is 14.4 Å². The summed E-state index contributed by atoms with van der Waals surface area (Å²) < 4.78 is 5.27. The summed E-state index contributed by atoms with van der Waals surface area (Å²) >= 11 is 0. The smallest absolute Gasteiger partial charge is 0.407 e. The number of hydrogen-bond acceptors (Lipinski definition) is 8. The summed E-state index contributed by atoms with van der Waals surface area (Å²) in [4.78, 5) is 62.7. The molecule has 0 fully saturated rings.